The number of unbranched alkanes of at least 4 members (excludes halogenated alkanes) is 2. The molecule has 29 heavy (non-hydrogen) atoms. The molecule has 0 aliphatic heterocycles. The van der Waals surface area contributed by atoms with Crippen molar-refractivity contribution in [3.63, 3.8) is 0 Å². The van der Waals surface area contributed by atoms with Crippen molar-refractivity contribution < 1.29 is 15.0 Å². The summed E-state index contributed by atoms with van der Waals surface area (Å²) in [5.41, 5.74) is 13.2. The fraction of sp³-hybridized carbons (Fsp3) is 0.826. The minimum absolute atomic E-state index is 0.0770. The van der Waals surface area contributed by atoms with E-state index in [1.54, 1.807) is 0 Å². The Kier molecular flexibility index (Phi) is 6.74. The number of hydrogen-bond acceptors (Lipinski definition) is 4. The van der Waals surface area contributed by atoms with Gasteiger partial charge in [-0.2, -0.15) is 0 Å². The normalized spacial score (nSPS) is 32.6. The molecule has 0 aromatic rings. The Labute approximate surface area is 174 Å². The summed E-state index contributed by atoms with van der Waals surface area (Å²) in [5.74, 6) is 1.56. The van der Waals surface area contributed by atoms with E-state index in [-0.39, 0.29) is 35.9 Å². The van der Waals surface area contributed by atoms with Crippen molar-refractivity contribution in [2.75, 3.05) is 19.8 Å². The van der Waals surface area contributed by atoms with Crippen molar-refractivity contribution in [1.29, 1.82) is 0 Å². The number of hydrogen-bond donors (Lipinski definition) is 4. The Bertz CT molecular complexity index is 681. The third-order valence-electron chi connectivity index (χ3n) is 8.38. The second-order valence-electron chi connectivity index (χ2n) is 9.92. The zero-order chi connectivity index (χ0) is 21.2. The van der Waals surface area contributed by atoms with Gasteiger partial charge in [0, 0.05) is 31.6 Å². The van der Waals surface area contributed by atoms with Crippen molar-refractivity contribution >= 4 is 11.7 Å². The highest BCUT2D eigenvalue weighted by Crippen LogP contribution is 2.74. The minimum Gasteiger partial charge on any atom is -0.396 e. The van der Waals surface area contributed by atoms with Crippen LogP contribution in [-0.2, 0) is 4.79 Å². The van der Waals surface area contributed by atoms with Gasteiger partial charge in [-0.25, -0.2) is 0 Å². The summed E-state index contributed by atoms with van der Waals surface area (Å²) in [6.45, 7) is 5.72. The summed E-state index contributed by atoms with van der Waals surface area (Å²) in [6, 6.07) is 0. The van der Waals surface area contributed by atoms with Gasteiger partial charge in [0.2, 0.25) is 0 Å². The second kappa shape index (κ2) is 8.76. The van der Waals surface area contributed by atoms with Crippen LogP contribution in [0.5, 0.6) is 0 Å². The molecule has 2 bridgehead atoms. The number of fused-ring (bicyclic) bond motifs is 1. The summed E-state index contributed by atoms with van der Waals surface area (Å²) < 4.78 is 0. The molecular formula is C23H39N3O3. The van der Waals surface area contributed by atoms with Gasteiger partial charge in [-0.15, -0.1) is 0 Å². The number of aliphatic hydroxyl groups is 2. The molecule has 0 aromatic heterocycles. The number of nitrogens with two attached hydrogens (primary N) is 2. The van der Waals surface area contributed by atoms with E-state index in [4.69, 9.17) is 11.5 Å². The first-order valence-electron chi connectivity index (χ1n) is 11.3. The van der Waals surface area contributed by atoms with Gasteiger partial charge >= 0.3 is 0 Å². The van der Waals surface area contributed by atoms with Crippen molar-refractivity contribution in [2.24, 2.45) is 45.0 Å². The molecule has 2 saturated carbocycles. The fourth-order valence-corrected chi connectivity index (χ4v) is 6.91. The van der Waals surface area contributed by atoms with E-state index in [2.05, 4.69) is 18.8 Å². The van der Waals surface area contributed by atoms with Gasteiger partial charge in [-0.1, -0.05) is 25.8 Å². The lowest BCUT2D eigenvalue weighted by Crippen LogP contribution is -2.51. The van der Waals surface area contributed by atoms with Crippen LogP contribution in [0.1, 0.15) is 71.6 Å². The fourth-order valence-electron chi connectivity index (χ4n) is 6.91. The Morgan fingerprint density at radius 2 is 1.93 bits per heavy atom. The molecule has 0 radical (unpaired) electrons. The van der Waals surface area contributed by atoms with Gasteiger partial charge in [0.25, 0.3) is 0 Å². The van der Waals surface area contributed by atoms with Crippen LogP contribution in [0.25, 0.3) is 0 Å². The average Bonchev–Trinajstić information content (AvgIpc) is 2.98. The SMILES string of the molecule is CC1(C)C2CC3=C(CCCCN=C(N)N)C(=O)CC31C(CCCCO)C(CO)C2. The molecule has 6 N–H and O–H groups in total. The number of ketones is 1. The molecule has 0 amide bonds. The molecule has 0 saturated heterocycles. The molecule has 3 aliphatic carbocycles. The number of aliphatic hydroxyl groups excluding tert-OH is 2. The zero-order valence-electron chi connectivity index (χ0n) is 18.1. The minimum atomic E-state index is -0.106. The highest BCUT2D eigenvalue weighted by Gasteiger charge is 2.68. The summed E-state index contributed by atoms with van der Waals surface area (Å²) >= 11 is 0. The monoisotopic (exact) mass is 405 g/mol. The van der Waals surface area contributed by atoms with Crippen LogP contribution in [0.2, 0.25) is 0 Å². The van der Waals surface area contributed by atoms with Crippen molar-refractivity contribution in [3.05, 3.63) is 11.1 Å². The number of guanidine groups is 1. The van der Waals surface area contributed by atoms with Gasteiger partial charge < -0.3 is 21.7 Å². The van der Waals surface area contributed by atoms with Crippen LogP contribution in [0.4, 0.5) is 0 Å². The van der Waals surface area contributed by atoms with Gasteiger partial charge in [-0.05, 0) is 73.7 Å². The topological polar surface area (TPSA) is 122 Å². The summed E-state index contributed by atoms with van der Waals surface area (Å²) in [7, 11) is 0. The van der Waals surface area contributed by atoms with E-state index in [0.717, 1.165) is 56.9 Å². The average molecular weight is 406 g/mol. The summed E-state index contributed by atoms with van der Waals surface area (Å²) in [6.07, 6.45) is 7.99. The first-order chi connectivity index (χ1) is 13.8. The molecule has 4 unspecified atom stereocenters. The maximum absolute atomic E-state index is 13.2. The standard InChI is InChI=1S/C23H39N3O3/c1-22(2)16-11-15(14-28)18(8-4-6-10-27)23(22)13-20(29)17(19(23)12-16)7-3-5-9-26-21(24)25/h15-16,18,27-28H,3-14H2,1-2H3,(H4,24,25,26). The molecule has 164 valence electrons. The summed E-state index contributed by atoms with van der Waals surface area (Å²) in [5, 5.41) is 19.4. The van der Waals surface area contributed by atoms with Crippen molar-refractivity contribution in [2.45, 2.75) is 71.6 Å². The van der Waals surface area contributed by atoms with E-state index >= 15 is 0 Å². The van der Waals surface area contributed by atoms with Crippen molar-refractivity contribution in [1.82, 2.24) is 0 Å². The second-order valence-corrected chi connectivity index (χ2v) is 9.92. The quantitative estimate of drug-likeness (QED) is 0.253. The highest BCUT2D eigenvalue weighted by atomic mass is 16.3. The lowest BCUT2D eigenvalue weighted by Gasteiger charge is -2.55. The molecular weight excluding hydrogens is 366 g/mol. The van der Waals surface area contributed by atoms with E-state index in [9.17, 15) is 15.0 Å². The van der Waals surface area contributed by atoms with E-state index in [1.807, 2.05) is 0 Å². The van der Waals surface area contributed by atoms with Crippen LogP contribution >= 0.6 is 0 Å². The molecule has 1 spiro atoms. The third kappa shape index (κ3) is 3.74. The number of nitrogens with zero attached hydrogens (tertiary/aromatic N) is 1. The van der Waals surface area contributed by atoms with Gasteiger partial charge in [0.1, 0.15) is 0 Å². The van der Waals surface area contributed by atoms with Crippen LogP contribution in [0.15, 0.2) is 16.1 Å². The predicted octanol–water partition coefficient (Wildman–Crippen LogP) is 2.52. The van der Waals surface area contributed by atoms with Crippen LogP contribution in [0, 0.1) is 28.6 Å². The van der Waals surface area contributed by atoms with E-state index in [1.165, 1.54) is 5.57 Å². The van der Waals surface area contributed by atoms with Crippen LogP contribution < -0.4 is 11.5 Å². The zero-order valence-corrected chi connectivity index (χ0v) is 18.1. The lowest BCUT2D eigenvalue weighted by atomic mass is 9.49. The first kappa shape index (κ1) is 22.3. The Balaban J connectivity index is 1.87. The molecule has 4 atom stereocenters. The number of carbonyl (C=O) groups is 1. The Morgan fingerprint density at radius 3 is 2.59 bits per heavy atom. The first-order valence-corrected chi connectivity index (χ1v) is 11.3. The molecule has 6 heteroatoms. The molecule has 0 heterocycles. The molecule has 3 rings (SSSR count). The highest BCUT2D eigenvalue weighted by molar-refractivity contribution is 6.00. The maximum atomic E-state index is 13.2. The van der Waals surface area contributed by atoms with Crippen molar-refractivity contribution in [3.8, 4) is 0 Å². The number of Topliss-reactive ketones (excluding diaryl/α,β-unsaturated/α-hetero) is 1. The number of carbonyl (C=O) groups excluding carboxylic acids is 1. The number of allylic oxidation sites excluding steroid dienone is 2. The van der Waals surface area contributed by atoms with E-state index < -0.39 is 0 Å². The van der Waals surface area contributed by atoms with E-state index in [0.29, 0.717) is 30.6 Å². The van der Waals surface area contributed by atoms with Gasteiger partial charge in [-0.3, -0.25) is 9.79 Å². The largest absolute Gasteiger partial charge is 0.396 e. The summed E-state index contributed by atoms with van der Waals surface area (Å²) in [4.78, 5) is 17.2. The molecule has 2 fully saturated rings. The number of aliphatic imine (C=N–C) groups is 1. The maximum Gasteiger partial charge on any atom is 0.185 e. The Hall–Kier alpha value is -1.40. The van der Waals surface area contributed by atoms with Gasteiger partial charge in [0.15, 0.2) is 11.7 Å². The smallest absolute Gasteiger partial charge is 0.185 e. The predicted molar refractivity (Wildman–Crippen MR) is 115 cm³/mol. The Morgan fingerprint density at radius 1 is 1.17 bits per heavy atom. The molecule has 6 nitrogen and oxygen atoms in total. The number of rotatable bonds is 10. The van der Waals surface area contributed by atoms with Gasteiger partial charge in [0.05, 0.1) is 0 Å². The third-order valence-corrected chi connectivity index (χ3v) is 8.38. The molecule has 3 aliphatic rings. The lowest BCUT2D eigenvalue weighted by molar-refractivity contribution is -0.123. The van der Waals surface area contributed by atoms with Crippen LogP contribution in [0.3, 0.4) is 0 Å². The van der Waals surface area contributed by atoms with Crippen LogP contribution in [-0.4, -0.2) is 41.7 Å². The molecule has 0 aromatic carbocycles.